The molecular formula is C26H27ClFN5O2. The molecule has 4 rings (SSSR count). The van der Waals surface area contributed by atoms with Crippen molar-refractivity contribution in [3.63, 3.8) is 0 Å². The summed E-state index contributed by atoms with van der Waals surface area (Å²) >= 11 is 6.25. The molecule has 0 atom stereocenters. The van der Waals surface area contributed by atoms with E-state index >= 15 is 0 Å². The molecule has 1 saturated heterocycles. The third-order valence-electron chi connectivity index (χ3n) is 6.02. The van der Waals surface area contributed by atoms with Gasteiger partial charge in [-0.1, -0.05) is 35.9 Å². The molecule has 1 fully saturated rings. The summed E-state index contributed by atoms with van der Waals surface area (Å²) in [4.78, 5) is 31.2. The average Bonchev–Trinajstić information content (AvgIpc) is 2.87. The molecule has 35 heavy (non-hydrogen) atoms. The van der Waals surface area contributed by atoms with Crippen molar-refractivity contribution >= 4 is 29.2 Å². The van der Waals surface area contributed by atoms with Crippen LogP contribution in [0.5, 0.6) is 0 Å². The van der Waals surface area contributed by atoms with Crippen LogP contribution in [0.25, 0.3) is 11.3 Å². The van der Waals surface area contributed by atoms with Crippen LogP contribution in [-0.2, 0) is 4.79 Å². The minimum atomic E-state index is -0.481. The van der Waals surface area contributed by atoms with E-state index in [0.717, 1.165) is 11.4 Å². The average molecular weight is 496 g/mol. The lowest BCUT2D eigenvalue weighted by molar-refractivity contribution is -0.132. The lowest BCUT2D eigenvalue weighted by Crippen LogP contribution is -2.53. The SMILES string of the molecule is CC(C)N(CC(=O)N1CCN(c2ccc(-c3ccccc3Cl)nn2)CC1)C(=O)c1cccc(F)c1. The molecule has 3 aromatic rings. The molecule has 2 aromatic carbocycles. The summed E-state index contributed by atoms with van der Waals surface area (Å²) in [6.45, 7) is 5.84. The monoisotopic (exact) mass is 495 g/mol. The number of rotatable bonds is 6. The van der Waals surface area contributed by atoms with Gasteiger partial charge in [0.2, 0.25) is 5.91 Å². The standard InChI is InChI=1S/C26H27ClFN5O2/c1-18(2)33(26(35)19-6-5-7-20(28)16-19)17-25(34)32-14-12-31(13-15-32)24-11-10-23(29-30-24)21-8-3-4-9-22(21)27/h3-11,16,18H,12-15,17H2,1-2H3. The summed E-state index contributed by atoms with van der Waals surface area (Å²) in [6.07, 6.45) is 0. The van der Waals surface area contributed by atoms with Crippen molar-refractivity contribution in [2.75, 3.05) is 37.6 Å². The fourth-order valence-electron chi connectivity index (χ4n) is 4.01. The molecule has 0 spiro atoms. The molecule has 0 N–H and O–H groups in total. The van der Waals surface area contributed by atoms with E-state index in [0.29, 0.717) is 36.9 Å². The smallest absolute Gasteiger partial charge is 0.254 e. The Morgan fingerprint density at radius 1 is 1.00 bits per heavy atom. The van der Waals surface area contributed by atoms with Gasteiger partial charge in [0.1, 0.15) is 12.4 Å². The molecule has 9 heteroatoms. The maximum absolute atomic E-state index is 13.6. The van der Waals surface area contributed by atoms with Crippen LogP contribution in [0.4, 0.5) is 10.2 Å². The van der Waals surface area contributed by atoms with Gasteiger partial charge in [-0.2, -0.15) is 0 Å². The number of carbonyl (C=O) groups excluding carboxylic acids is 2. The van der Waals surface area contributed by atoms with Crippen molar-refractivity contribution in [1.82, 2.24) is 20.0 Å². The first-order chi connectivity index (χ1) is 16.8. The molecule has 1 aliphatic heterocycles. The number of aromatic nitrogens is 2. The molecule has 182 valence electrons. The molecule has 2 heterocycles. The van der Waals surface area contributed by atoms with Crippen molar-refractivity contribution in [2.45, 2.75) is 19.9 Å². The molecule has 0 bridgehead atoms. The van der Waals surface area contributed by atoms with Crippen LogP contribution >= 0.6 is 11.6 Å². The quantitative estimate of drug-likeness (QED) is 0.514. The Morgan fingerprint density at radius 2 is 1.74 bits per heavy atom. The van der Waals surface area contributed by atoms with Gasteiger partial charge in [0.15, 0.2) is 5.82 Å². The lowest BCUT2D eigenvalue weighted by atomic mass is 10.1. The van der Waals surface area contributed by atoms with Gasteiger partial charge < -0.3 is 14.7 Å². The zero-order valence-electron chi connectivity index (χ0n) is 19.7. The van der Waals surface area contributed by atoms with Crippen LogP contribution in [0.15, 0.2) is 60.7 Å². The third kappa shape index (κ3) is 5.77. The second-order valence-corrected chi connectivity index (χ2v) is 9.07. The summed E-state index contributed by atoms with van der Waals surface area (Å²) in [5.41, 5.74) is 1.76. The van der Waals surface area contributed by atoms with Crippen LogP contribution in [0, 0.1) is 5.82 Å². The van der Waals surface area contributed by atoms with Gasteiger partial charge in [0.25, 0.3) is 5.91 Å². The van der Waals surface area contributed by atoms with E-state index in [4.69, 9.17) is 11.6 Å². The molecule has 0 aliphatic carbocycles. The zero-order chi connectivity index (χ0) is 24.9. The Kier molecular flexibility index (Phi) is 7.60. The van der Waals surface area contributed by atoms with Crippen LogP contribution in [0.1, 0.15) is 24.2 Å². The Labute approximate surface area is 209 Å². The van der Waals surface area contributed by atoms with Crippen molar-refractivity contribution in [1.29, 1.82) is 0 Å². The fraction of sp³-hybridized carbons (Fsp3) is 0.308. The molecule has 2 amide bonds. The van der Waals surface area contributed by atoms with Crippen molar-refractivity contribution < 1.29 is 14.0 Å². The van der Waals surface area contributed by atoms with Gasteiger partial charge in [0.05, 0.1) is 10.7 Å². The van der Waals surface area contributed by atoms with E-state index in [2.05, 4.69) is 15.1 Å². The molecule has 1 aliphatic rings. The number of nitrogens with zero attached hydrogens (tertiary/aromatic N) is 5. The van der Waals surface area contributed by atoms with E-state index in [1.165, 1.54) is 23.1 Å². The summed E-state index contributed by atoms with van der Waals surface area (Å²) < 4.78 is 13.6. The maximum atomic E-state index is 13.6. The number of carbonyl (C=O) groups is 2. The Hall–Kier alpha value is -3.52. The van der Waals surface area contributed by atoms with E-state index in [-0.39, 0.29) is 30.0 Å². The number of anilines is 1. The van der Waals surface area contributed by atoms with Gasteiger partial charge >= 0.3 is 0 Å². The number of benzene rings is 2. The highest BCUT2D eigenvalue weighted by Gasteiger charge is 2.27. The van der Waals surface area contributed by atoms with E-state index in [1.54, 1.807) is 11.0 Å². The zero-order valence-corrected chi connectivity index (χ0v) is 20.5. The first-order valence-electron chi connectivity index (χ1n) is 11.5. The number of halogens is 2. The fourth-order valence-corrected chi connectivity index (χ4v) is 4.25. The normalized spacial score (nSPS) is 13.7. The second kappa shape index (κ2) is 10.8. The predicted octanol–water partition coefficient (Wildman–Crippen LogP) is 4.14. The second-order valence-electron chi connectivity index (χ2n) is 8.66. The van der Waals surface area contributed by atoms with Crippen LogP contribution in [0.2, 0.25) is 5.02 Å². The Balaban J connectivity index is 1.36. The number of amides is 2. The maximum Gasteiger partial charge on any atom is 0.254 e. The van der Waals surface area contributed by atoms with Gasteiger partial charge in [0, 0.05) is 43.3 Å². The van der Waals surface area contributed by atoms with Crippen molar-refractivity contribution in [3.05, 3.63) is 77.1 Å². The largest absolute Gasteiger partial charge is 0.352 e. The molecule has 7 nitrogen and oxygen atoms in total. The summed E-state index contributed by atoms with van der Waals surface area (Å²) in [5.74, 6) is -0.244. The van der Waals surface area contributed by atoms with Crippen molar-refractivity contribution in [2.24, 2.45) is 0 Å². The van der Waals surface area contributed by atoms with Crippen LogP contribution < -0.4 is 4.90 Å². The molecule has 0 saturated carbocycles. The highest BCUT2D eigenvalue weighted by atomic mass is 35.5. The van der Waals surface area contributed by atoms with E-state index in [9.17, 15) is 14.0 Å². The topological polar surface area (TPSA) is 69.6 Å². The van der Waals surface area contributed by atoms with Crippen LogP contribution in [-0.4, -0.2) is 70.6 Å². The summed E-state index contributed by atoms with van der Waals surface area (Å²) in [6, 6.07) is 16.6. The predicted molar refractivity (Wildman–Crippen MR) is 134 cm³/mol. The van der Waals surface area contributed by atoms with Crippen molar-refractivity contribution in [3.8, 4) is 11.3 Å². The lowest BCUT2D eigenvalue weighted by Gasteiger charge is -2.36. The number of piperazine rings is 1. The Morgan fingerprint density at radius 3 is 2.37 bits per heavy atom. The molecule has 0 unspecified atom stereocenters. The highest BCUT2D eigenvalue weighted by Crippen LogP contribution is 2.26. The van der Waals surface area contributed by atoms with Gasteiger partial charge in [-0.25, -0.2) is 4.39 Å². The van der Waals surface area contributed by atoms with Gasteiger partial charge in [-0.3, -0.25) is 9.59 Å². The van der Waals surface area contributed by atoms with E-state index < -0.39 is 5.82 Å². The first-order valence-corrected chi connectivity index (χ1v) is 11.9. The third-order valence-corrected chi connectivity index (χ3v) is 6.35. The first kappa shape index (κ1) is 24.6. The number of hydrogen-bond donors (Lipinski definition) is 0. The highest BCUT2D eigenvalue weighted by molar-refractivity contribution is 6.33. The molecule has 1 aromatic heterocycles. The molecule has 0 radical (unpaired) electrons. The minimum absolute atomic E-state index is 0.0562. The summed E-state index contributed by atoms with van der Waals surface area (Å²) in [5, 5.41) is 9.30. The van der Waals surface area contributed by atoms with Gasteiger partial charge in [-0.05, 0) is 50.2 Å². The Bertz CT molecular complexity index is 1200. The number of hydrogen-bond acceptors (Lipinski definition) is 5. The molecular weight excluding hydrogens is 469 g/mol. The summed E-state index contributed by atoms with van der Waals surface area (Å²) in [7, 11) is 0. The minimum Gasteiger partial charge on any atom is -0.352 e. The van der Waals surface area contributed by atoms with E-state index in [1.807, 2.05) is 50.2 Å². The van der Waals surface area contributed by atoms with Crippen LogP contribution in [0.3, 0.4) is 0 Å². The van der Waals surface area contributed by atoms with Gasteiger partial charge in [-0.15, -0.1) is 10.2 Å².